The molecule has 120 valence electrons. The first-order chi connectivity index (χ1) is 10.5. The number of piperidine rings is 1. The van der Waals surface area contributed by atoms with Crippen LogP contribution < -0.4 is 0 Å². The average molecular weight is 309 g/mol. The summed E-state index contributed by atoms with van der Waals surface area (Å²) < 4.78 is 9.75. The van der Waals surface area contributed by atoms with Crippen molar-refractivity contribution in [1.82, 2.24) is 4.90 Å². The standard InChI is InChI=1S/C15H19NO6/c1-21-14(19)12-13(18)11(17)7-8-16(12)15(20)22-9-10-5-3-2-4-6-10/h2-6,11-13,17-18H,7-9H2,1H3/t11-,12?,13-/m0/s1. The number of aliphatic hydroxyl groups is 2. The van der Waals surface area contributed by atoms with Crippen molar-refractivity contribution in [3.63, 3.8) is 0 Å². The zero-order chi connectivity index (χ0) is 16.1. The van der Waals surface area contributed by atoms with Crippen molar-refractivity contribution in [2.45, 2.75) is 31.3 Å². The molecule has 1 saturated heterocycles. The molecule has 1 fully saturated rings. The van der Waals surface area contributed by atoms with E-state index in [1.807, 2.05) is 18.2 Å². The third kappa shape index (κ3) is 3.55. The number of methoxy groups -OCH3 is 1. The van der Waals surface area contributed by atoms with E-state index in [0.717, 1.165) is 17.6 Å². The van der Waals surface area contributed by atoms with Gasteiger partial charge < -0.3 is 19.7 Å². The van der Waals surface area contributed by atoms with Crippen molar-refractivity contribution in [3.8, 4) is 0 Å². The quantitative estimate of drug-likeness (QED) is 0.779. The van der Waals surface area contributed by atoms with Gasteiger partial charge in [0, 0.05) is 6.54 Å². The van der Waals surface area contributed by atoms with Crippen molar-refractivity contribution < 1.29 is 29.3 Å². The van der Waals surface area contributed by atoms with E-state index in [9.17, 15) is 19.8 Å². The third-order valence-electron chi connectivity index (χ3n) is 3.60. The number of carbonyl (C=O) groups excluding carboxylic acids is 2. The first kappa shape index (κ1) is 16.3. The third-order valence-corrected chi connectivity index (χ3v) is 3.60. The van der Waals surface area contributed by atoms with Crippen LogP contribution in [0.1, 0.15) is 12.0 Å². The molecule has 22 heavy (non-hydrogen) atoms. The molecule has 7 nitrogen and oxygen atoms in total. The van der Waals surface area contributed by atoms with Gasteiger partial charge in [-0.05, 0) is 12.0 Å². The molecular formula is C15H19NO6. The van der Waals surface area contributed by atoms with E-state index in [1.165, 1.54) is 0 Å². The van der Waals surface area contributed by atoms with Crippen LogP contribution >= 0.6 is 0 Å². The average Bonchev–Trinajstić information content (AvgIpc) is 2.55. The highest BCUT2D eigenvalue weighted by molar-refractivity contribution is 5.82. The highest BCUT2D eigenvalue weighted by Crippen LogP contribution is 2.21. The van der Waals surface area contributed by atoms with E-state index >= 15 is 0 Å². The zero-order valence-corrected chi connectivity index (χ0v) is 12.2. The van der Waals surface area contributed by atoms with E-state index in [4.69, 9.17) is 4.74 Å². The van der Waals surface area contributed by atoms with E-state index in [-0.39, 0.29) is 19.6 Å². The molecule has 0 aliphatic carbocycles. The number of hydrogen-bond acceptors (Lipinski definition) is 6. The highest BCUT2D eigenvalue weighted by atomic mass is 16.6. The van der Waals surface area contributed by atoms with Crippen molar-refractivity contribution in [2.75, 3.05) is 13.7 Å². The number of nitrogens with zero attached hydrogens (tertiary/aromatic N) is 1. The van der Waals surface area contributed by atoms with Crippen LogP contribution in [0.4, 0.5) is 4.79 Å². The molecule has 0 spiro atoms. The van der Waals surface area contributed by atoms with Crippen LogP contribution in [0.2, 0.25) is 0 Å². The fourth-order valence-electron chi connectivity index (χ4n) is 2.37. The lowest BCUT2D eigenvalue weighted by Crippen LogP contribution is -2.60. The molecule has 0 bridgehead atoms. The summed E-state index contributed by atoms with van der Waals surface area (Å²) in [6.45, 7) is 0.161. The number of hydrogen-bond donors (Lipinski definition) is 2. The summed E-state index contributed by atoms with van der Waals surface area (Å²) in [5, 5.41) is 19.6. The summed E-state index contributed by atoms with van der Waals surface area (Å²) in [5.74, 6) is -0.789. The van der Waals surface area contributed by atoms with Crippen LogP contribution in [0.5, 0.6) is 0 Å². The van der Waals surface area contributed by atoms with Gasteiger partial charge in [-0.2, -0.15) is 0 Å². The lowest BCUT2D eigenvalue weighted by molar-refractivity contribution is -0.159. The van der Waals surface area contributed by atoms with Crippen LogP contribution in [0, 0.1) is 0 Å². The highest BCUT2D eigenvalue weighted by Gasteiger charge is 2.44. The summed E-state index contributed by atoms with van der Waals surface area (Å²) in [6, 6.07) is 7.83. The zero-order valence-electron chi connectivity index (χ0n) is 12.2. The second-order valence-corrected chi connectivity index (χ2v) is 5.05. The van der Waals surface area contributed by atoms with Crippen molar-refractivity contribution >= 4 is 12.1 Å². The van der Waals surface area contributed by atoms with E-state index in [1.54, 1.807) is 12.1 Å². The van der Waals surface area contributed by atoms with Gasteiger partial charge in [0.2, 0.25) is 0 Å². The maximum atomic E-state index is 12.2. The van der Waals surface area contributed by atoms with Crippen LogP contribution in [0.15, 0.2) is 30.3 Å². The smallest absolute Gasteiger partial charge is 0.410 e. The molecule has 1 aromatic carbocycles. The Morgan fingerprint density at radius 3 is 2.59 bits per heavy atom. The molecule has 1 unspecified atom stereocenters. The van der Waals surface area contributed by atoms with E-state index in [0.29, 0.717) is 0 Å². The lowest BCUT2D eigenvalue weighted by Gasteiger charge is -2.38. The van der Waals surface area contributed by atoms with Gasteiger partial charge in [-0.15, -0.1) is 0 Å². The molecular weight excluding hydrogens is 290 g/mol. The lowest BCUT2D eigenvalue weighted by atomic mass is 9.96. The molecule has 1 aliphatic heterocycles. The summed E-state index contributed by atoms with van der Waals surface area (Å²) in [6.07, 6.45) is -3.05. The summed E-state index contributed by atoms with van der Waals surface area (Å²) >= 11 is 0. The monoisotopic (exact) mass is 309 g/mol. The number of amides is 1. The molecule has 1 aromatic rings. The summed E-state index contributed by atoms with van der Waals surface area (Å²) in [4.78, 5) is 25.0. The fourth-order valence-corrected chi connectivity index (χ4v) is 2.37. The normalized spacial score (nSPS) is 24.7. The van der Waals surface area contributed by atoms with Crippen molar-refractivity contribution in [3.05, 3.63) is 35.9 Å². The summed E-state index contributed by atoms with van der Waals surface area (Å²) in [5.41, 5.74) is 0.808. The van der Waals surface area contributed by atoms with Crippen LogP contribution in [0.3, 0.4) is 0 Å². The Kier molecular flexibility index (Phi) is 5.35. The second kappa shape index (κ2) is 7.24. The minimum atomic E-state index is -1.40. The van der Waals surface area contributed by atoms with Gasteiger partial charge in [-0.1, -0.05) is 30.3 Å². The first-order valence-corrected chi connectivity index (χ1v) is 6.96. The van der Waals surface area contributed by atoms with E-state index < -0.39 is 30.3 Å². The summed E-state index contributed by atoms with van der Waals surface area (Å²) in [7, 11) is 1.16. The van der Waals surface area contributed by atoms with Crippen molar-refractivity contribution in [2.24, 2.45) is 0 Å². The Labute approximate surface area is 128 Å². The van der Waals surface area contributed by atoms with Gasteiger partial charge in [-0.25, -0.2) is 9.59 Å². The Bertz CT molecular complexity index is 520. The van der Waals surface area contributed by atoms with Gasteiger partial charge in [0.05, 0.1) is 13.2 Å². The van der Waals surface area contributed by atoms with E-state index in [2.05, 4.69) is 4.74 Å². The molecule has 7 heteroatoms. The number of aliphatic hydroxyl groups excluding tert-OH is 2. The largest absolute Gasteiger partial charge is 0.467 e. The topological polar surface area (TPSA) is 96.3 Å². The molecule has 2 N–H and O–H groups in total. The van der Waals surface area contributed by atoms with Crippen LogP contribution in [-0.2, 0) is 20.9 Å². The minimum absolute atomic E-state index is 0.0582. The van der Waals surface area contributed by atoms with Crippen molar-refractivity contribution in [1.29, 1.82) is 0 Å². The van der Waals surface area contributed by atoms with Gasteiger partial charge in [-0.3, -0.25) is 4.90 Å². The number of ether oxygens (including phenoxy) is 2. The molecule has 0 radical (unpaired) electrons. The molecule has 1 amide bonds. The molecule has 1 aliphatic rings. The molecule has 3 atom stereocenters. The number of likely N-dealkylation sites (tertiary alicyclic amines) is 1. The predicted octanol–water partition coefficient (Wildman–Crippen LogP) is 0.292. The molecule has 0 saturated carbocycles. The fraction of sp³-hybridized carbons (Fsp3) is 0.467. The maximum Gasteiger partial charge on any atom is 0.410 e. The second-order valence-electron chi connectivity index (χ2n) is 5.05. The number of esters is 1. The minimum Gasteiger partial charge on any atom is -0.467 e. The molecule has 0 aromatic heterocycles. The Hall–Kier alpha value is -2.12. The van der Waals surface area contributed by atoms with Gasteiger partial charge >= 0.3 is 12.1 Å². The number of benzene rings is 1. The number of rotatable bonds is 3. The van der Waals surface area contributed by atoms with Gasteiger partial charge in [0.1, 0.15) is 12.7 Å². The number of carbonyl (C=O) groups is 2. The van der Waals surface area contributed by atoms with Crippen LogP contribution in [-0.4, -0.2) is 59.1 Å². The Morgan fingerprint density at radius 2 is 1.95 bits per heavy atom. The first-order valence-electron chi connectivity index (χ1n) is 6.96. The van der Waals surface area contributed by atoms with Gasteiger partial charge in [0.25, 0.3) is 0 Å². The SMILES string of the molecule is COC(=O)C1[C@@H](O)[C@@H](O)CCN1C(=O)OCc1ccccc1. The predicted molar refractivity (Wildman–Crippen MR) is 75.8 cm³/mol. The molecule has 1 heterocycles. The molecule has 2 rings (SSSR count). The van der Waals surface area contributed by atoms with Crippen LogP contribution in [0.25, 0.3) is 0 Å². The maximum absolute atomic E-state index is 12.2. The Balaban J connectivity index is 2.04. The Morgan fingerprint density at radius 1 is 1.27 bits per heavy atom. The van der Waals surface area contributed by atoms with Gasteiger partial charge in [0.15, 0.2) is 6.04 Å².